The molecule has 6 heteroatoms. The van der Waals surface area contributed by atoms with E-state index in [1.54, 1.807) is 4.90 Å². The second-order valence-corrected chi connectivity index (χ2v) is 5.62. The van der Waals surface area contributed by atoms with E-state index in [4.69, 9.17) is 9.84 Å². The number of carboxylic acid groups (broad SMARTS) is 1. The number of ether oxygens (including phenoxy) is 1. The molecular formula is C16H22N2O4. The molecule has 1 saturated heterocycles. The number of rotatable bonds is 4. The Labute approximate surface area is 130 Å². The predicted octanol–water partition coefficient (Wildman–Crippen LogP) is 2.15. The number of hydrogen-bond acceptors (Lipinski definition) is 3. The SMILES string of the molecule is Cc1ccc(OCNC(=O)N2CCC(C(=O)O)CC2)cc1C. The van der Waals surface area contributed by atoms with Crippen molar-refractivity contribution in [2.45, 2.75) is 26.7 Å². The Bertz CT molecular complexity index is 551. The molecule has 1 fully saturated rings. The van der Waals surface area contributed by atoms with E-state index >= 15 is 0 Å². The lowest BCUT2D eigenvalue weighted by Gasteiger charge is -2.30. The van der Waals surface area contributed by atoms with Crippen molar-refractivity contribution in [2.24, 2.45) is 5.92 Å². The molecule has 0 aliphatic carbocycles. The van der Waals surface area contributed by atoms with Gasteiger partial charge < -0.3 is 20.1 Å². The Morgan fingerprint density at radius 2 is 1.95 bits per heavy atom. The van der Waals surface area contributed by atoms with Crippen LogP contribution < -0.4 is 10.1 Å². The lowest BCUT2D eigenvalue weighted by Crippen LogP contribution is -2.46. The number of aliphatic carboxylic acids is 1. The summed E-state index contributed by atoms with van der Waals surface area (Å²) in [5.74, 6) is -0.401. The van der Waals surface area contributed by atoms with E-state index in [2.05, 4.69) is 5.32 Å². The number of nitrogens with zero attached hydrogens (tertiary/aromatic N) is 1. The molecule has 0 bridgehead atoms. The summed E-state index contributed by atoms with van der Waals surface area (Å²) < 4.78 is 5.51. The predicted molar refractivity (Wildman–Crippen MR) is 81.9 cm³/mol. The second-order valence-electron chi connectivity index (χ2n) is 5.62. The molecule has 1 aliphatic rings. The summed E-state index contributed by atoms with van der Waals surface area (Å²) in [6.45, 7) is 5.06. The lowest BCUT2D eigenvalue weighted by molar-refractivity contribution is -0.143. The summed E-state index contributed by atoms with van der Waals surface area (Å²) in [6, 6.07) is 5.56. The molecule has 2 rings (SSSR count). The number of nitrogens with one attached hydrogen (secondary N) is 1. The molecule has 0 saturated carbocycles. The van der Waals surface area contributed by atoms with Gasteiger partial charge in [-0.05, 0) is 49.9 Å². The van der Waals surface area contributed by atoms with Gasteiger partial charge in [0.2, 0.25) is 0 Å². The van der Waals surface area contributed by atoms with E-state index in [-0.39, 0.29) is 18.7 Å². The highest BCUT2D eigenvalue weighted by molar-refractivity contribution is 5.75. The fourth-order valence-electron chi connectivity index (χ4n) is 2.43. The first-order valence-corrected chi connectivity index (χ1v) is 7.43. The summed E-state index contributed by atoms with van der Waals surface area (Å²) >= 11 is 0. The van der Waals surface area contributed by atoms with Gasteiger partial charge in [-0.15, -0.1) is 0 Å². The van der Waals surface area contributed by atoms with Gasteiger partial charge in [-0.25, -0.2) is 4.79 Å². The van der Waals surface area contributed by atoms with E-state index in [1.165, 1.54) is 5.56 Å². The number of hydrogen-bond donors (Lipinski definition) is 2. The number of benzene rings is 1. The third-order valence-corrected chi connectivity index (χ3v) is 4.07. The Morgan fingerprint density at radius 1 is 1.27 bits per heavy atom. The summed E-state index contributed by atoms with van der Waals surface area (Å²) in [6.07, 6.45) is 1.00. The van der Waals surface area contributed by atoms with Gasteiger partial charge in [0, 0.05) is 13.1 Å². The van der Waals surface area contributed by atoms with Crippen LogP contribution in [0, 0.1) is 19.8 Å². The van der Waals surface area contributed by atoms with E-state index in [9.17, 15) is 9.59 Å². The summed E-state index contributed by atoms with van der Waals surface area (Å²) in [4.78, 5) is 24.5. The fraction of sp³-hybridized carbons (Fsp3) is 0.500. The molecule has 22 heavy (non-hydrogen) atoms. The van der Waals surface area contributed by atoms with Crippen LogP contribution in [0.15, 0.2) is 18.2 Å². The monoisotopic (exact) mass is 306 g/mol. The van der Waals surface area contributed by atoms with Gasteiger partial charge in [0.1, 0.15) is 5.75 Å². The van der Waals surface area contributed by atoms with Crippen molar-refractivity contribution in [1.82, 2.24) is 10.2 Å². The maximum absolute atomic E-state index is 12.0. The average molecular weight is 306 g/mol. The first kappa shape index (κ1) is 16.1. The Hall–Kier alpha value is -2.24. The summed E-state index contributed by atoms with van der Waals surface area (Å²) in [7, 11) is 0. The molecule has 1 heterocycles. The highest BCUT2D eigenvalue weighted by Gasteiger charge is 2.26. The normalized spacial score (nSPS) is 15.5. The quantitative estimate of drug-likeness (QED) is 0.835. The molecule has 0 atom stereocenters. The Morgan fingerprint density at radius 3 is 2.55 bits per heavy atom. The minimum absolute atomic E-state index is 0.0974. The number of carbonyl (C=O) groups excluding carboxylic acids is 1. The molecule has 0 spiro atoms. The number of carboxylic acids is 1. The maximum atomic E-state index is 12.0. The molecule has 0 radical (unpaired) electrons. The van der Waals surface area contributed by atoms with Crippen LogP contribution in [0.4, 0.5) is 4.79 Å². The summed E-state index contributed by atoms with van der Waals surface area (Å²) in [5.41, 5.74) is 2.33. The van der Waals surface area contributed by atoms with Crippen molar-refractivity contribution in [3.63, 3.8) is 0 Å². The van der Waals surface area contributed by atoms with Crippen molar-refractivity contribution in [3.8, 4) is 5.75 Å². The van der Waals surface area contributed by atoms with Crippen LogP contribution in [0.25, 0.3) is 0 Å². The van der Waals surface area contributed by atoms with Crippen molar-refractivity contribution in [1.29, 1.82) is 0 Å². The third kappa shape index (κ3) is 4.13. The lowest BCUT2D eigenvalue weighted by atomic mass is 9.97. The van der Waals surface area contributed by atoms with Crippen LogP contribution in [-0.2, 0) is 4.79 Å². The van der Waals surface area contributed by atoms with Gasteiger partial charge >= 0.3 is 12.0 Å². The van der Waals surface area contributed by atoms with Crippen molar-refractivity contribution < 1.29 is 19.4 Å². The third-order valence-electron chi connectivity index (χ3n) is 4.07. The van der Waals surface area contributed by atoms with Gasteiger partial charge in [0.05, 0.1) is 5.92 Å². The Balaban J connectivity index is 1.74. The average Bonchev–Trinajstić information content (AvgIpc) is 2.51. The number of urea groups is 1. The van der Waals surface area contributed by atoms with E-state index < -0.39 is 5.97 Å². The number of amides is 2. The number of aryl methyl sites for hydroxylation is 2. The van der Waals surface area contributed by atoms with Crippen LogP contribution in [0.1, 0.15) is 24.0 Å². The smallest absolute Gasteiger partial charge is 0.320 e. The van der Waals surface area contributed by atoms with E-state index in [1.807, 2.05) is 32.0 Å². The minimum atomic E-state index is -0.780. The molecule has 6 nitrogen and oxygen atoms in total. The van der Waals surface area contributed by atoms with Crippen molar-refractivity contribution >= 4 is 12.0 Å². The largest absolute Gasteiger partial charge is 0.481 e. The molecule has 120 valence electrons. The number of piperidine rings is 1. The highest BCUT2D eigenvalue weighted by Crippen LogP contribution is 2.18. The molecule has 1 aromatic carbocycles. The molecule has 1 aromatic rings. The molecule has 1 aliphatic heterocycles. The van der Waals surface area contributed by atoms with Crippen LogP contribution in [0.2, 0.25) is 0 Å². The molecular weight excluding hydrogens is 284 g/mol. The molecule has 0 unspecified atom stereocenters. The zero-order valence-electron chi connectivity index (χ0n) is 13.0. The maximum Gasteiger partial charge on any atom is 0.320 e. The zero-order chi connectivity index (χ0) is 16.1. The van der Waals surface area contributed by atoms with Crippen molar-refractivity contribution in [3.05, 3.63) is 29.3 Å². The van der Waals surface area contributed by atoms with Gasteiger partial charge in [-0.3, -0.25) is 4.79 Å². The Kier molecular flexibility index (Phi) is 5.25. The van der Waals surface area contributed by atoms with Gasteiger partial charge in [0.15, 0.2) is 6.73 Å². The van der Waals surface area contributed by atoms with Crippen molar-refractivity contribution in [2.75, 3.05) is 19.8 Å². The number of carbonyl (C=O) groups is 2. The molecule has 0 aromatic heterocycles. The van der Waals surface area contributed by atoms with E-state index in [0.717, 1.165) is 5.56 Å². The topological polar surface area (TPSA) is 78.9 Å². The first-order valence-electron chi connectivity index (χ1n) is 7.43. The molecule has 2 N–H and O–H groups in total. The standard InChI is InChI=1S/C16H22N2O4/c1-11-3-4-14(9-12(11)2)22-10-17-16(21)18-7-5-13(6-8-18)15(19)20/h3-4,9,13H,5-8,10H2,1-2H3,(H,17,21)(H,19,20). The van der Waals surface area contributed by atoms with Crippen LogP contribution >= 0.6 is 0 Å². The second kappa shape index (κ2) is 7.15. The van der Waals surface area contributed by atoms with Gasteiger partial charge in [-0.2, -0.15) is 0 Å². The van der Waals surface area contributed by atoms with E-state index in [0.29, 0.717) is 31.7 Å². The fourth-order valence-corrected chi connectivity index (χ4v) is 2.43. The van der Waals surface area contributed by atoms with Gasteiger partial charge in [0.25, 0.3) is 0 Å². The zero-order valence-corrected chi connectivity index (χ0v) is 13.0. The minimum Gasteiger partial charge on any atom is -0.481 e. The number of likely N-dealkylation sites (tertiary alicyclic amines) is 1. The summed E-state index contributed by atoms with van der Waals surface area (Å²) in [5, 5.41) is 11.6. The van der Waals surface area contributed by atoms with Crippen LogP contribution in [0.5, 0.6) is 5.75 Å². The van der Waals surface area contributed by atoms with Crippen LogP contribution in [0.3, 0.4) is 0 Å². The molecule has 2 amide bonds. The first-order chi connectivity index (χ1) is 10.5. The highest BCUT2D eigenvalue weighted by atomic mass is 16.5. The van der Waals surface area contributed by atoms with Gasteiger partial charge in [-0.1, -0.05) is 6.07 Å². The van der Waals surface area contributed by atoms with Crippen LogP contribution in [-0.4, -0.2) is 41.8 Å².